The molecule has 1 N–H and O–H groups in total. The average molecular weight is 158 g/mol. The van der Waals surface area contributed by atoms with Gasteiger partial charge in [0.15, 0.2) is 5.82 Å². The van der Waals surface area contributed by atoms with Gasteiger partial charge in [0.1, 0.15) is 0 Å². The maximum Gasteiger partial charge on any atom is 0.305 e. The summed E-state index contributed by atoms with van der Waals surface area (Å²) >= 11 is 0. The van der Waals surface area contributed by atoms with Crippen LogP contribution in [0.3, 0.4) is 0 Å². The maximum atomic E-state index is 12.2. The Morgan fingerprint density at radius 3 is 3.00 bits per heavy atom. The van der Waals surface area contributed by atoms with Crippen LogP contribution in [0.25, 0.3) is 0 Å². The van der Waals surface area contributed by atoms with Gasteiger partial charge in [0.25, 0.3) is 0 Å². The van der Waals surface area contributed by atoms with Gasteiger partial charge >= 0.3 is 5.97 Å². The average Bonchev–Trinajstić information content (AvgIpc) is 2.31. The Kier molecular flexibility index (Phi) is 2.20. The number of aryl methyl sites for hydroxylation is 1. The molecule has 5 heteroatoms. The van der Waals surface area contributed by atoms with Crippen molar-refractivity contribution in [1.82, 2.24) is 9.78 Å². The number of carbonyl (C=O) groups is 1. The van der Waals surface area contributed by atoms with Crippen molar-refractivity contribution in [1.29, 1.82) is 0 Å². The zero-order chi connectivity index (χ0) is 8.27. The van der Waals surface area contributed by atoms with E-state index in [0.717, 1.165) is 12.4 Å². The third kappa shape index (κ3) is 2.37. The highest BCUT2D eigenvalue weighted by Gasteiger charge is 1.99. The first kappa shape index (κ1) is 7.71. The first-order chi connectivity index (χ1) is 5.18. The fraction of sp³-hybridized carbons (Fsp3) is 0.333. The lowest BCUT2D eigenvalue weighted by atomic mass is 10.4. The van der Waals surface area contributed by atoms with Gasteiger partial charge in [-0.15, -0.1) is 0 Å². The summed E-state index contributed by atoms with van der Waals surface area (Å²) in [5.41, 5.74) is 0. The standard InChI is InChI=1S/C6H7FN2O2/c7-5-3-8-9(4-5)2-1-6(10)11/h3-4H,1-2H2,(H,10,11). The molecule has 1 aromatic heterocycles. The minimum atomic E-state index is -0.916. The fourth-order valence-corrected chi connectivity index (χ4v) is 0.671. The molecule has 0 radical (unpaired) electrons. The number of halogens is 1. The zero-order valence-corrected chi connectivity index (χ0v) is 5.70. The van der Waals surface area contributed by atoms with Crippen molar-refractivity contribution in [2.75, 3.05) is 0 Å². The lowest BCUT2D eigenvalue weighted by Gasteiger charge is -1.94. The van der Waals surface area contributed by atoms with Crippen molar-refractivity contribution in [2.45, 2.75) is 13.0 Å². The van der Waals surface area contributed by atoms with Crippen molar-refractivity contribution < 1.29 is 14.3 Å². The highest BCUT2D eigenvalue weighted by molar-refractivity contribution is 5.66. The second kappa shape index (κ2) is 3.14. The van der Waals surface area contributed by atoms with Crippen LogP contribution in [-0.2, 0) is 11.3 Å². The van der Waals surface area contributed by atoms with E-state index >= 15 is 0 Å². The highest BCUT2D eigenvalue weighted by atomic mass is 19.1. The van der Waals surface area contributed by atoms with E-state index in [9.17, 15) is 9.18 Å². The molecule has 0 spiro atoms. The van der Waals surface area contributed by atoms with Crippen LogP contribution in [0, 0.1) is 5.82 Å². The lowest BCUT2D eigenvalue weighted by Crippen LogP contribution is -2.04. The van der Waals surface area contributed by atoms with Gasteiger partial charge in [-0.25, -0.2) is 4.39 Å². The van der Waals surface area contributed by atoms with Gasteiger partial charge in [0.2, 0.25) is 0 Å². The SMILES string of the molecule is O=C(O)CCn1cc(F)cn1. The molecule has 0 atom stereocenters. The number of carboxylic acids is 1. The van der Waals surface area contributed by atoms with Crippen molar-refractivity contribution in [3.63, 3.8) is 0 Å². The Balaban J connectivity index is 2.45. The van der Waals surface area contributed by atoms with Crippen LogP contribution < -0.4 is 0 Å². The summed E-state index contributed by atoms with van der Waals surface area (Å²) in [4.78, 5) is 10.0. The monoisotopic (exact) mass is 158 g/mol. The maximum absolute atomic E-state index is 12.2. The summed E-state index contributed by atoms with van der Waals surface area (Å²) in [6.45, 7) is 0.208. The second-order valence-electron chi connectivity index (χ2n) is 2.07. The zero-order valence-electron chi connectivity index (χ0n) is 5.70. The van der Waals surface area contributed by atoms with E-state index in [1.165, 1.54) is 4.68 Å². The molecule has 60 valence electrons. The minimum absolute atomic E-state index is 0.0406. The summed E-state index contributed by atoms with van der Waals surface area (Å²) < 4.78 is 13.5. The van der Waals surface area contributed by atoms with Crippen LogP contribution in [0.4, 0.5) is 4.39 Å². The van der Waals surface area contributed by atoms with E-state index < -0.39 is 11.8 Å². The minimum Gasteiger partial charge on any atom is -0.481 e. The molecule has 0 aliphatic carbocycles. The Labute approximate surface area is 62.3 Å². The Morgan fingerprint density at radius 2 is 2.55 bits per heavy atom. The molecular weight excluding hydrogens is 151 g/mol. The molecule has 1 rings (SSSR count). The van der Waals surface area contributed by atoms with Crippen molar-refractivity contribution in [2.24, 2.45) is 0 Å². The third-order valence-electron chi connectivity index (χ3n) is 1.16. The normalized spacial score (nSPS) is 9.91. The molecule has 0 bridgehead atoms. The van der Waals surface area contributed by atoms with Crippen LogP contribution in [0.2, 0.25) is 0 Å². The van der Waals surface area contributed by atoms with Crippen LogP contribution in [0.5, 0.6) is 0 Å². The van der Waals surface area contributed by atoms with Crippen LogP contribution in [0.1, 0.15) is 6.42 Å². The van der Waals surface area contributed by atoms with E-state index in [1.807, 2.05) is 0 Å². The molecule has 0 aliphatic rings. The van der Waals surface area contributed by atoms with E-state index in [1.54, 1.807) is 0 Å². The molecule has 1 aromatic rings. The molecular formula is C6H7FN2O2. The van der Waals surface area contributed by atoms with Crippen molar-refractivity contribution >= 4 is 5.97 Å². The largest absolute Gasteiger partial charge is 0.481 e. The first-order valence-electron chi connectivity index (χ1n) is 3.08. The molecule has 0 saturated carbocycles. The van der Waals surface area contributed by atoms with Crippen molar-refractivity contribution in [3.05, 3.63) is 18.2 Å². The third-order valence-corrected chi connectivity index (χ3v) is 1.16. The van der Waals surface area contributed by atoms with Gasteiger partial charge in [-0.1, -0.05) is 0 Å². The molecule has 0 aliphatic heterocycles. The van der Waals surface area contributed by atoms with Gasteiger partial charge in [0, 0.05) is 0 Å². The van der Waals surface area contributed by atoms with Gasteiger partial charge in [0.05, 0.1) is 25.4 Å². The Bertz CT molecular complexity index is 259. The molecule has 0 aromatic carbocycles. The van der Waals surface area contributed by atoms with Gasteiger partial charge < -0.3 is 5.11 Å². The number of hydrogen-bond donors (Lipinski definition) is 1. The second-order valence-corrected chi connectivity index (χ2v) is 2.07. The molecule has 0 amide bonds. The summed E-state index contributed by atoms with van der Waals surface area (Å²) in [6, 6.07) is 0. The quantitative estimate of drug-likeness (QED) is 0.696. The highest BCUT2D eigenvalue weighted by Crippen LogP contribution is 1.94. The van der Waals surface area contributed by atoms with E-state index in [2.05, 4.69) is 5.10 Å². The predicted molar refractivity (Wildman–Crippen MR) is 34.4 cm³/mol. The molecule has 0 saturated heterocycles. The topological polar surface area (TPSA) is 55.1 Å². The van der Waals surface area contributed by atoms with E-state index in [-0.39, 0.29) is 13.0 Å². The van der Waals surface area contributed by atoms with Crippen LogP contribution in [0.15, 0.2) is 12.4 Å². The van der Waals surface area contributed by atoms with Crippen LogP contribution in [-0.4, -0.2) is 20.9 Å². The van der Waals surface area contributed by atoms with E-state index in [0.29, 0.717) is 0 Å². The van der Waals surface area contributed by atoms with E-state index in [4.69, 9.17) is 5.11 Å². The smallest absolute Gasteiger partial charge is 0.305 e. The lowest BCUT2D eigenvalue weighted by molar-refractivity contribution is -0.137. The Hall–Kier alpha value is -1.39. The number of nitrogens with zero attached hydrogens (tertiary/aromatic N) is 2. The number of hydrogen-bond acceptors (Lipinski definition) is 2. The molecule has 11 heavy (non-hydrogen) atoms. The van der Waals surface area contributed by atoms with Crippen molar-refractivity contribution in [3.8, 4) is 0 Å². The van der Waals surface area contributed by atoms with Gasteiger partial charge in [-0.05, 0) is 0 Å². The van der Waals surface area contributed by atoms with Gasteiger partial charge in [-0.3, -0.25) is 9.48 Å². The summed E-state index contributed by atoms with van der Waals surface area (Å²) in [6.07, 6.45) is 2.16. The number of aliphatic carboxylic acids is 1. The predicted octanol–water partition coefficient (Wildman–Crippen LogP) is 0.497. The number of rotatable bonds is 3. The Morgan fingerprint density at radius 1 is 1.82 bits per heavy atom. The summed E-state index contributed by atoms with van der Waals surface area (Å²) in [5.74, 6) is -1.36. The number of carboxylic acid groups (broad SMARTS) is 1. The molecule has 4 nitrogen and oxygen atoms in total. The van der Waals surface area contributed by atoms with Gasteiger partial charge in [-0.2, -0.15) is 5.10 Å². The summed E-state index contributed by atoms with van der Waals surface area (Å²) in [7, 11) is 0. The molecule has 0 fully saturated rings. The number of aromatic nitrogens is 2. The first-order valence-corrected chi connectivity index (χ1v) is 3.08. The summed E-state index contributed by atoms with van der Waals surface area (Å²) in [5, 5.41) is 11.8. The molecule has 1 heterocycles. The fourth-order valence-electron chi connectivity index (χ4n) is 0.671. The van der Waals surface area contributed by atoms with Crippen LogP contribution >= 0.6 is 0 Å². The molecule has 0 unspecified atom stereocenters.